The minimum atomic E-state index is -4.48. The van der Waals surface area contributed by atoms with Crippen LogP contribution in [0.4, 0.5) is 13.2 Å². The first-order valence-electron chi connectivity index (χ1n) is 13.0. The van der Waals surface area contributed by atoms with Gasteiger partial charge in [-0.15, -0.1) is 0 Å². The Bertz CT molecular complexity index is 1420. The van der Waals surface area contributed by atoms with E-state index in [1.807, 2.05) is 23.1 Å². The standard InChI is InChI=1S/C30H30ClF3N2O4/c1-40-23-7-8-27-25(17-23)24(10-12-35-27)28(37)9-5-19-11-14-36(18-21(19)15-29(38)39)13-2-3-20-4-6-22(16-26(20)31)30(32,33)34/h4,6-8,10,12,16-17,19,21,28,37H,5,9,11,13-15,18H2,1H3,(H,38,39)/t19-,21+,28+/m1/s1. The van der Waals surface area contributed by atoms with Crippen LogP contribution in [-0.2, 0) is 11.0 Å². The number of hydrogen-bond donors (Lipinski definition) is 2. The normalized spacial score (nSPS) is 18.6. The maximum atomic E-state index is 12.9. The number of rotatable bonds is 8. The fourth-order valence-electron chi connectivity index (χ4n) is 5.27. The number of aromatic nitrogens is 1. The second kappa shape index (κ2) is 12.9. The van der Waals surface area contributed by atoms with Gasteiger partial charge >= 0.3 is 12.1 Å². The molecule has 10 heteroatoms. The van der Waals surface area contributed by atoms with Gasteiger partial charge < -0.3 is 14.9 Å². The summed E-state index contributed by atoms with van der Waals surface area (Å²) in [4.78, 5) is 18.0. The molecule has 1 saturated heterocycles. The van der Waals surface area contributed by atoms with Gasteiger partial charge in [0.15, 0.2) is 0 Å². The zero-order valence-corrected chi connectivity index (χ0v) is 22.7. The predicted octanol–water partition coefficient (Wildman–Crippen LogP) is 6.19. The van der Waals surface area contributed by atoms with Gasteiger partial charge in [0, 0.05) is 30.1 Å². The molecule has 1 aliphatic heterocycles. The lowest BCUT2D eigenvalue weighted by Crippen LogP contribution is -2.41. The highest BCUT2D eigenvalue weighted by atomic mass is 35.5. The number of aliphatic hydroxyl groups excluding tert-OH is 1. The maximum Gasteiger partial charge on any atom is 0.416 e. The first kappa shape index (κ1) is 29.7. The summed E-state index contributed by atoms with van der Waals surface area (Å²) in [5.74, 6) is 5.58. The number of carbonyl (C=O) groups is 1. The molecule has 0 aliphatic carbocycles. The molecule has 0 amide bonds. The molecule has 6 nitrogen and oxygen atoms in total. The van der Waals surface area contributed by atoms with E-state index in [0.29, 0.717) is 43.8 Å². The Morgan fingerprint density at radius 1 is 1.23 bits per heavy atom. The SMILES string of the molecule is COc1ccc2nccc([C@@H](O)CC[C@@H]3CCN(CC#Cc4ccc(C(F)(F)F)cc4Cl)C[C@@H]3CC(=O)O)c2c1. The Hall–Kier alpha value is -3.32. The van der Waals surface area contributed by atoms with E-state index in [9.17, 15) is 28.2 Å². The third kappa shape index (κ3) is 7.45. The molecule has 0 spiro atoms. The van der Waals surface area contributed by atoms with Crippen LogP contribution in [0.25, 0.3) is 10.9 Å². The molecule has 1 aromatic heterocycles. The van der Waals surface area contributed by atoms with Crippen molar-refractivity contribution in [3.8, 4) is 17.6 Å². The molecular formula is C30H30ClF3N2O4. The second-order valence-corrected chi connectivity index (χ2v) is 10.4. The molecule has 0 radical (unpaired) electrons. The Kier molecular flexibility index (Phi) is 9.56. The molecule has 212 valence electrons. The quantitative estimate of drug-likeness (QED) is 0.312. The number of benzene rings is 2. The van der Waals surface area contributed by atoms with E-state index >= 15 is 0 Å². The molecule has 2 heterocycles. The number of pyridine rings is 1. The number of carboxylic acid groups (broad SMARTS) is 1. The number of halogens is 4. The highest BCUT2D eigenvalue weighted by molar-refractivity contribution is 6.31. The molecule has 0 bridgehead atoms. The number of ether oxygens (including phenoxy) is 1. The topological polar surface area (TPSA) is 82.9 Å². The van der Waals surface area contributed by atoms with Crippen LogP contribution in [0.2, 0.25) is 5.02 Å². The van der Waals surface area contributed by atoms with E-state index in [4.69, 9.17) is 16.3 Å². The number of aliphatic carboxylic acids is 1. The van der Waals surface area contributed by atoms with Gasteiger partial charge in [-0.05, 0) is 85.7 Å². The number of nitrogens with zero attached hydrogens (tertiary/aromatic N) is 2. The fourth-order valence-corrected chi connectivity index (χ4v) is 5.49. The smallest absolute Gasteiger partial charge is 0.416 e. The first-order valence-corrected chi connectivity index (χ1v) is 13.3. The number of hydrogen-bond acceptors (Lipinski definition) is 5. The van der Waals surface area contributed by atoms with Crippen molar-refractivity contribution in [1.82, 2.24) is 9.88 Å². The van der Waals surface area contributed by atoms with Crippen LogP contribution in [0.5, 0.6) is 5.75 Å². The molecule has 4 rings (SSSR count). The molecule has 3 atom stereocenters. The Balaban J connectivity index is 1.38. The molecule has 2 aromatic carbocycles. The Labute approximate surface area is 235 Å². The van der Waals surface area contributed by atoms with Gasteiger partial charge in [0.2, 0.25) is 0 Å². The van der Waals surface area contributed by atoms with Crippen molar-refractivity contribution in [3.63, 3.8) is 0 Å². The van der Waals surface area contributed by atoms with Crippen LogP contribution in [-0.4, -0.2) is 52.8 Å². The van der Waals surface area contributed by atoms with E-state index < -0.39 is 23.8 Å². The third-order valence-electron chi connectivity index (χ3n) is 7.39. The molecule has 1 fully saturated rings. The summed E-state index contributed by atoms with van der Waals surface area (Å²) < 4.78 is 43.9. The highest BCUT2D eigenvalue weighted by Gasteiger charge is 2.32. The van der Waals surface area contributed by atoms with Gasteiger partial charge in [0.05, 0.1) is 35.9 Å². The molecule has 1 aliphatic rings. The zero-order chi connectivity index (χ0) is 28.9. The van der Waals surface area contributed by atoms with E-state index in [1.165, 1.54) is 6.07 Å². The Morgan fingerprint density at radius 2 is 2.02 bits per heavy atom. The summed E-state index contributed by atoms with van der Waals surface area (Å²) in [7, 11) is 1.58. The number of alkyl halides is 3. The lowest BCUT2D eigenvalue weighted by molar-refractivity contribution is -0.139. The lowest BCUT2D eigenvalue weighted by Gasteiger charge is -2.37. The molecule has 0 saturated carbocycles. The van der Waals surface area contributed by atoms with Crippen LogP contribution in [0.15, 0.2) is 48.7 Å². The van der Waals surface area contributed by atoms with Gasteiger partial charge in [0.1, 0.15) is 5.75 Å². The number of aliphatic hydroxyl groups is 1. The van der Waals surface area contributed by atoms with Crippen LogP contribution < -0.4 is 4.74 Å². The summed E-state index contributed by atoms with van der Waals surface area (Å²) in [6.07, 6.45) is -1.66. The van der Waals surface area contributed by atoms with Gasteiger partial charge in [-0.1, -0.05) is 23.4 Å². The number of piperidine rings is 1. The minimum absolute atomic E-state index is 0.00477. The highest BCUT2D eigenvalue weighted by Crippen LogP contribution is 2.35. The number of methoxy groups -OCH3 is 1. The van der Waals surface area contributed by atoms with Crippen molar-refractivity contribution < 1.29 is 32.9 Å². The van der Waals surface area contributed by atoms with Gasteiger partial charge in [-0.25, -0.2) is 0 Å². The average molecular weight is 575 g/mol. The summed E-state index contributed by atoms with van der Waals surface area (Å²) in [6.45, 7) is 1.56. The number of fused-ring (bicyclic) bond motifs is 1. The Morgan fingerprint density at radius 3 is 2.73 bits per heavy atom. The maximum absolute atomic E-state index is 12.9. The molecule has 3 aromatic rings. The molecule has 2 N–H and O–H groups in total. The number of likely N-dealkylation sites (tertiary alicyclic amines) is 1. The average Bonchev–Trinajstić information content (AvgIpc) is 2.91. The minimum Gasteiger partial charge on any atom is -0.497 e. The largest absolute Gasteiger partial charge is 0.497 e. The van der Waals surface area contributed by atoms with Crippen LogP contribution in [0, 0.1) is 23.7 Å². The predicted molar refractivity (Wildman–Crippen MR) is 146 cm³/mol. The van der Waals surface area contributed by atoms with Gasteiger partial charge in [-0.3, -0.25) is 14.7 Å². The summed E-state index contributed by atoms with van der Waals surface area (Å²) >= 11 is 6.00. The van der Waals surface area contributed by atoms with Crippen molar-refractivity contribution in [2.45, 2.75) is 38.0 Å². The van der Waals surface area contributed by atoms with Gasteiger partial charge in [0.25, 0.3) is 0 Å². The molecule has 40 heavy (non-hydrogen) atoms. The number of carboxylic acids is 1. The second-order valence-electron chi connectivity index (χ2n) is 10.0. The molecule has 0 unspecified atom stereocenters. The van der Waals surface area contributed by atoms with Crippen molar-refractivity contribution in [3.05, 3.63) is 70.4 Å². The van der Waals surface area contributed by atoms with E-state index in [-0.39, 0.29) is 23.3 Å². The van der Waals surface area contributed by atoms with Crippen LogP contribution in [0.1, 0.15) is 48.5 Å². The fraction of sp³-hybridized carbons (Fsp3) is 0.400. The summed E-state index contributed by atoms with van der Waals surface area (Å²) in [5, 5.41) is 21.3. The van der Waals surface area contributed by atoms with Crippen molar-refractivity contribution >= 4 is 28.5 Å². The first-order chi connectivity index (χ1) is 19.0. The monoisotopic (exact) mass is 574 g/mol. The third-order valence-corrected chi connectivity index (χ3v) is 7.70. The molecular weight excluding hydrogens is 545 g/mol. The van der Waals surface area contributed by atoms with Gasteiger partial charge in [-0.2, -0.15) is 13.2 Å². The van der Waals surface area contributed by atoms with Crippen molar-refractivity contribution in [2.24, 2.45) is 11.8 Å². The van der Waals surface area contributed by atoms with E-state index in [0.717, 1.165) is 35.0 Å². The lowest BCUT2D eigenvalue weighted by atomic mass is 9.79. The summed E-state index contributed by atoms with van der Waals surface area (Å²) in [6, 6.07) is 10.4. The van der Waals surface area contributed by atoms with Crippen molar-refractivity contribution in [2.75, 3.05) is 26.7 Å². The zero-order valence-electron chi connectivity index (χ0n) is 21.9. The van der Waals surface area contributed by atoms with Crippen LogP contribution >= 0.6 is 11.6 Å². The van der Waals surface area contributed by atoms with Crippen molar-refractivity contribution in [1.29, 1.82) is 0 Å². The van der Waals surface area contributed by atoms with E-state index in [2.05, 4.69) is 16.8 Å². The van der Waals surface area contributed by atoms with Crippen LogP contribution in [0.3, 0.4) is 0 Å². The summed E-state index contributed by atoms with van der Waals surface area (Å²) in [5.41, 5.74) is 0.993. The van der Waals surface area contributed by atoms with E-state index in [1.54, 1.807) is 19.4 Å².